The molecule has 0 unspecified atom stereocenters. The number of carbonyl (C=O) groups is 1. The molecule has 1 saturated heterocycles. The molecule has 128 valence electrons. The van der Waals surface area contributed by atoms with E-state index in [2.05, 4.69) is 46.1 Å². The van der Waals surface area contributed by atoms with E-state index in [0.717, 1.165) is 52.2 Å². The van der Waals surface area contributed by atoms with Gasteiger partial charge in [-0.3, -0.25) is 4.79 Å². The third kappa shape index (κ3) is 5.44. The van der Waals surface area contributed by atoms with Gasteiger partial charge in [0.2, 0.25) is 0 Å². The van der Waals surface area contributed by atoms with E-state index in [1.165, 1.54) is 6.33 Å². The van der Waals surface area contributed by atoms with Gasteiger partial charge in [0.05, 0.1) is 0 Å². The molecule has 0 saturated carbocycles. The quantitative estimate of drug-likeness (QED) is 0.743. The van der Waals surface area contributed by atoms with Crippen molar-refractivity contribution in [3.63, 3.8) is 0 Å². The van der Waals surface area contributed by atoms with Crippen LogP contribution in [0.25, 0.3) is 0 Å². The minimum Gasteiger partial charge on any atom is -0.370 e. The van der Waals surface area contributed by atoms with Gasteiger partial charge in [-0.2, -0.15) is 0 Å². The lowest BCUT2D eigenvalue weighted by Gasteiger charge is -2.33. The summed E-state index contributed by atoms with van der Waals surface area (Å²) in [5, 5.41) is 3.26. The molecule has 2 rings (SSSR count). The van der Waals surface area contributed by atoms with Crippen LogP contribution in [0.15, 0.2) is 12.4 Å². The normalized spacial score (nSPS) is 15.9. The molecule has 2 heterocycles. The molecule has 7 nitrogen and oxygen atoms in total. The Morgan fingerprint density at radius 3 is 2.65 bits per heavy atom. The molecule has 0 atom stereocenters. The standard InChI is InChI=1S/C16H28N6O/c1-4-21-8-10-22(11-9-21)16(23)14-12-15(19-13-18-14)17-6-5-7-20(2)3/h12-13H,4-11H2,1-3H3,(H,17,18,19). The molecule has 0 spiro atoms. The Balaban J connectivity index is 1.87. The van der Waals surface area contributed by atoms with Gasteiger partial charge in [-0.05, 0) is 33.6 Å². The number of hydrogen-bond donors (Lipinski definition) is 1. The number of amides is 1. The van der Waals surface area contributed by atoms with Crippen molar-refractivity contribution in [3.05, 3.63) is 18.1 Å². The van der Waals surface area contributed by atoms with Crippen molar-refractivity contribution in [1.29, 1.82) is 0 Å². The van der Waals surface area contributed by atoms with Crippen LogP contribution in [0.4, 0.5) is 5.82 Å². The first-order chi connectivity index (χ1) is 11.1. The highest BCUT2D eigenvalue weighted by molar-refractivity contribution is 5.93. The van der Waals surface area contributed by atoms with Crippen LogP contribution in [0.1, 0.15) is 23.8 Å². The molecular weight excluding hydrogens is 292 g/mol. The molecular formula is C16H28N6O. The SMILES string of the molecule is CCN1CCN(C(=O)c2cc(NCCCN(C)C)ncn2)CC1. The van der Waals surface area contributed by atoms with E-state index in [1.807, 2.05) is 4.90 Å². The van der Waals surface area contributed by atoms with Crippen LogP contribution in [0.5, 0.6) is 0 Å². The average Bonchev–Trinajstić information content (AvgIpc) is 2.58. The Morgan fingerprint density at radius 2 is 2.00 bits per heavy atom. The van der Waals surface area contributed by atoms with Crippen molar-refractivity contribution in [1.82, 2.24) is 24.7 Å². The van der Waals surface area contributed by atoms with E-state index in [4.69, 9.17) is 0 Å². The van der Waals surface area contributed by atoms with Crippen LogP contribution < -0.4 is 5.32 Å². The second-order valence-electron chi connectivity index (χ2n) is 6.10. The highest BCUT2D eigenvalue weighted by atomic mass is 16.2. The van der Waals surface area contributed by atoms with Crippen LogP contribution in [-0.4, -0.2) is 90.5 Å². The lowest BCUT2D eigenvalue weighted by atomic mass is 10.2. The Hall–Kier alpha value is -1.73. The van der Waals surface area contributed by atoms with E-state index in [0.29, 0.717) is 11.5 Å². The molecule has 1 aliphatic heterocycles. The first kappa shape index (κ1) is 17.6. The lowest BCUT2D eigenvalue weighted by molar-refractivity contribution is 0.0637. The highest BCUT2D eigenvalue weighted by Gasteiger charge is 2.22. The second-order valence-corrected chi connectivity index (χ2v) is 6.10. The first-order valence-electron chi connectivity index (χ1n) is 8.32. The molecule has 1 N–H and O–H groups in total. The number of nitrogens with one attached hydrogen (secondary N) is 1. The maximum Gasteiger partial charge on any atom is 0.272 e. The monoisotopic (exact) mass is 320 g/mol. The number of hydrogen-bond acceptors (Lipinski definition) is 6. The fourth-order valence-electron chi connectivity index (χ4n) is 2.61. The molecule has 1 aliphatic rings. The zero-order valence-electron chi connectivity index (χ0n) is 14.5. The fourth-order valence-corrected chi connectivity index (χ4v) is 2.61. The molecule has 7 heteroatoms. The summed E-state index contributed by atoms with van der Waals surface area (Å²) in [6.07, 6.45) is 2.49. The van der Waals surface area contributed by atoms with Gasteiger partial charge in [0, 0.05) is 38.8 Å². The van der Waals surface area contributed by atoms with Crippen LogP contribution in [0, 0.1) is 0 Å². The lowest BCUT2D eigenvalue weighted by Crippen LogP contribution is -2.48. The minimum absolute atomic E-state index is 0.000468. The zero-order valence-corrected chi connectivity index (χ0v) is 14.5. The summed E-state index contributed by atoms with van der Waals surface area (Å²) in [6.45, 7) is 8.44. The topological polar surface area (TPSA) is 64.6 Å². The summed E-state index contributed by atoms with van der Waals surface area (Å²) in [7, 11) is 4.11. The Labute approximate surface area is 138 Å². The molecule has 0 aliphatic carbocycles. The molecule has 0 bridgehead atoms. The molecule has 1 aromatic heterocycles. The maximum atomic E-state index is 12.5. The van der Waals surface area contributed by atoms with Crippen molar-refractivity contribution in [2.75, 3.05) is 65.2 Å². The van der Waals surface area contributed by atoms with Crippen LogP contribution in [0.2, 0.25) is 0 Å². The fraction of sp³-hybridized carbons (Fsp3) is 0.688. The number of rotatable bonds is 7. The van der Waals surface area contributed by atoms with Crippen molar-refractivity contribution in [3.8, 4) is 0 Å². The number of anilines is 1. The molecule has 1 aromatic rings. The van der Waals surface area contributed by atoms with Crippen molar-refractivity contribution < 1.29 is 4.79 Å². The number of likely N-dealkylation sites (N-methyl/N-ethyl adjacent to an activating group) is 1. The number of aromatic nitrogens is 2. The van der Waals surface area contributed by atoms with Crippen LogP contribution in [0.3, 0.4) is 0 Å². The van der Waals surface area contributed by atoms with Gasteiger partial charge < -0.3 is 20.0 Å². The van der Waals surface area contributed by atoms with Gasteiger partial charge in [0.25, 0.3) is 5.91 Å². The van der Waals surface area contributed by atoms with Gasteiger partial charge in [0.1, 0.15) is 17.8 Å². The van der Waals surface area contributed by atoms with Crippen molar-refractivity contribution in [2.45, 2.75) is 13.3 Å². The third-order valence-corrected chi connectivity index (χ3v) is 4.08. The zero-order chi connectivity index (χ0) is 16.7. The van der Waals surface area contributed by atoms with Gasteiger partial charge in [-0.25, -0.2) is 9.97 Å². The number of carbonyl (C=O) groups excluding carboxylic acids is 1. The van der Waals surface area contributed by atoms with E-state index in [9.17, 15) is 4.79 Å². The maximum absolute atomic E-state index is 12.5. The van der Waals surface area contributed by atoms with E-state index >= 15 is 0 Å². The van der Waals surface area contributed by atoms with Gasteiger partial charge in [0.15, 0.2) is 0 Å². The van der Waals surface area contributed by atoms with E-state index in [1.54, 1.807) is 6.07 Å². The summed E-state index contributed by atoms with van der Waals surface area (Å²) in [6, 6.07) is 1.75. The van der Waals surface area contributed by atoms with Crippen molar-refractivity contribution >= 4 is 11.7 Å². The summed E-state index contributed by atoms with van der Waals surface area (Å²) >= 11 is 0. The predicted octanol–water partition coefficient (Wildman–Crippen LogP) is 0.618. The highest BCUT2D eigenvalue weighted by Crippen LogP contribution is 2.10. The van der Waals surface area contributed by atoms with Gasteiger partial charge in [-0.15, -0.1) is 0 Å². The summed E-state index contributed by atoms with van der Waals surface area (Å²) in [4.78, 5) is 27.3. The Morgan fingerprint density at radius 1 is 1.26 bits per heavy atom. The molecule has 1 amide bonds. The molecule has 0 radical (unpaired) electrons. The number of piperazine rings is 1. The first-order valence-corrected chi connectivity index (χ1v) is 8.32. The summed E-state index contributed by atoms with van der Waals surface area (Å²) < 4.78 is 0. The third-order valence-electron chi connectivity index (χ3n) is 4.08. The second kappa shape index (κ2) is 8.79. The predicted molar refractivity (Wildman–Crippen MR) is 91.7 cm³/mol. The van der Waals surface area contributed by atoms with Crippen LogP contribution >= 0.6 is 0 Å². The summed E-state index contributed by atoms with van der Waals surface area (Å²) in [5.41, 5.74) is 0.472. The molecule has 23 heavy (non-hydrogen) atoms. The van der Waals surface area contributed by atoms with Crippen molar-refractivity contribution in [2.24, 2.45) is 0 Å². The van der Waals surface area contributed by atoms with Gasteiger partial charge in [-0.1, -0.05) is 6.92 Å². The van der Waals surface area contributed by atoms with E-state index in [-0.39, 0.29) is 5.91 Å². The molecule has 0 aromatic carbocycles. The smallest absolute Gasteiger partial charge is 0.272 e. The van der Waals surface area contributed by atoms with Crippen LogP contribution in [-0.2, 0) is 0 Å². The van der Waals surface area contributed by atoms with E-state index < -0.39 is 0 Å². The van der Waals surface area contributed by atoms with Gasteiger partial charge >= 0.3 is 0 Å². The Kier molecular flexibility index (Phi) is 6.73. The largest absolute Gasteiger partial charge is 0.370 e. The average molecular weight is 320 g/mol. The summed E-state index contributed by atoms with van der Waals surface area (Å²) in [5.74, 6) is 0.716. The Bertz CT molecular complexity index is 499. The number of nitrogens with zero attached hydrogens (tertiary/aromatic N) is 5. The minimum atomic E-state index is -0.000468. The molecule has 1 fully saturated rings.